The van der Waals surface area contributed by atoms with E-state index in [1.165, 1.54) is 38.0 Å². The van der Waals surface area contributed by atoms with E-state index in [2.05, 4.69) is 28.4 Å². The molecule has 1 aromatic rings. The molecule has 4 rings (SSSR count). The quantitative estimate of drug-likeness (QED) is 0.878. The molecular formula is C15H22N2O. The third-order valence-corrected chi connectivity index (χ3v) is 4.36. The molecule has 0 radical (unpaired) electrons. The van der Waals surface area contributed by atoms with Gasteiger partial charge < -0.3 is 15.0 Å². The molecule has 3 aliphatic rings. The number of nitrogens with one attached hydrogen (secondary N) is 1. The van der Waals surface area contributed by atoms with E-state index in [1.807, 2.05) is 6.07 Å². The van der Waals surface area contributed by atoms with E-state index in [9.17, 15) is 0 Å². The molecule has 3 saturated heterocycles. The molecule has 2 bridgehead atoms. The molecule has 0 unspecified atom stereocenters. The summed E-state index contributed by atoms with van der Waals surface area (Å²) in [4.78, 5) is 2.59. The summed E-state index contributed by atoms with van der Waals surface area (Å²) in [5.41, 5.74) is 1.31. The van der Waals surface area contributed by atoms with Gasteiger partial charge in [-0.1, -0.05) is 12.1 Å². The van der Waals surface area contributed by atoms with Gasteiger partial charge in [-0.15, -0.1) is 0 Å². The van der Waals surface area contributed by atoms with Crippen molar-refractivity contribution in [2.24, 2.45) is 5.92 Å². The van der Waals surface area contributed by atoms with Gasteiger partial charge >= 0.3 is 0 Å². The summed E-state index contributed by atoms with van der Waals surface area (Å²) >= 11 is 0. The highest BCUT2D eigenvalue weighted by molar-refractivity contribution is 5.28. The maximum absolute atomic E-state index is 5.26. The Labute approximate surface area is 109 Å². The lowest BCUT2D eigenvalue weighted by Gasteiger charge is -2.45. The van der Waals surface area contributed by atoms with Crippen molar-refractivity contribution >= 4 is 0 Å². The summed E-state index contributed by atoms with van der Waals surface area (Å²) in [5, 5.41) is 3.72. The fourth-order valence-electron chi connectivity index (χ4n) is 3.23. The van der Waals surface area contributed by atoms with Gasteiger partial charge in [0.15, 0.2) is 0 Å². The zero-order valence-electron chi connectivity index (χ0n) is 11.1. The molecule has 98 valence electrons. The highest BCUT2D eigenvalue weighted by Crippen LogP contribution is 2.27. The Kier molecular flexibility index (Phi) is 3.52. The minimum Gasteiger partial charge on any atom is -0.497 e. The van der Waals surface area contributed by atoms with Crippen LogP contribution in [0.25, 0.3) is 0 Å². The second kappa shape index (κ2) is 5.29. The summed E-state index contributed by atoms with van der Waals surface area (Å²) in [6.45, 7) is 4.80. The number of nitrogens with zero attached hydrogens (tertiary/aromatic N) is 1. The number of ether oxygens (including phenoxy) is 1. The Balaban J connectivity index is 1.57. The molecule has 3 heteroatoms. The van der Waals surface area contributed by atoms with E-state index >= 15 is 0 Å². The van der Waals surface area contributed by atoms with Gasteiger partial charge in [-0.2, -0.15) is 0 Å². The van der Waals surface area contributed by atoms with Gasteiger partial charge in [-0.05, 0) is 49.5 Å². The van der Waals surface area contributed by atoms with Gasteiger partial charge in [0.25, 0.3) is 0 Å². The van der Waals surface area contributed by atoms with Crippen molar-refractivity contribution in [1.82, 2.24) is 10.2 Å². The third-order valence-electron chi connectivity index (χ3n) is 4.36. The average Bonchev–Trinajstić information content (AvgIpc) is 2.46. The first-order valence-electron chi connectivity index (χ1n) is 6.94. The van der Waals surface area contributed by atoms with Gasteiger partial charge in [0.2, 0.25) is 0 Å². The van der Waals surface area contributed by atoms with E-state index in [-0.39, 0.29) is 0 Å². The summed E-state index contributed by atoms with van der Waals surface area (Å²) in [6.07, 6.45) is 2.74. The molecule has 3 heterocycles. The topological polar surface area (TPSA) is 24.5 Å². The molecule has 1 atom stereocenters. The molecule has 1 aromatic carbocycles. The molecule has 3 fully saturated rings. The Morgan fingerprint density at radius 1 is 1.33 bits per heavy atom. The van der Waals surface area contributed by atoms with Crippen LogP contribution in [-0.2, 0) is 6.54 Å². The molecule has 1 N–H and O–H groups in total. The van der Waals surface area contributed by atoms with Crippen molar-refractivity contribution in [2.45, 2.75) is 25.4 Å². The standard InChI is InChI=1S/C15H22N2O/c1-18-14-4-2-3-12(9-14)10-16-15-11-17-7-5-13(15)6-8-17/h2-4,9,13,15-16H,5-8,10-11H2,1H3/t15-/m1/s1. The lowest BCUT2D eigenvalue weighted by Crippen LogP contribution is -2.55. The Morgan fingerprint density at radius 3 is 2.83 bits per heavy atom. The van der Waals surface area contributed by atoms with Crippen LogP contribution in [0.5, 0.6) is 5.75 Å². The molecule has 18 heavy (non-hydrogen) atoms. The van der Waals surface area contributed by atoms with E-state index in [4.69, 9.17) is 4.74 Å². The number of rotatable bonds is 4. The first kappa shape index (κ1) is 12.0. The summed E-state index contributed by atoms with van der Waals surface area (Å²) < 4.78 is 5.26. The Hall–Kier alpha value is -1.06. The lowest BCUT2D eigenvalue weighted by atomic mass is 9.84. The fraction of sp³-hybridized carbons (Fsp3) is 0.600. The lowest BCUT2D eigenvalue weighted by molar-refractivity contribution is 0.0720. The van der Waals surface area contributed by atoms with Gasteiger partial charge in [0.1, 0.15) is 5.75 Å². The summed E-state index contributed by atoms with van der Waals surface area (Å²) in [5.74, 6) is 1.84. The monoisotopic (exact) mass is 246 g/mol. The van der Waals surface area contributed by atoms with E-state index in [0.717, 1.165) is 18.2 Å². The van der Waals surface area contributed by atoms with Crippen LogP contribution < -0.4 is 10.1 Å². The zero-order valence-corrected chi connectivity index (χ0v) is 11.1. The molecular weight excluding hydrogens is 224 g/mol. The van der Waals surface area contributed by atoms with Gasteiger partial charge in [0.05, 0.1) is 7.11 Å². The second-order valence-corrected chi connectivity index (χ2v) is 5.48. The molecule has 0 aliphatic carbocycles. The minimum absolute atomic E-state index is 0.679. The molecule has 3 nitrogen and oxygen atoms in total. The van der Waals surface area contributed by atoms with Crippen molar-refractivity contribution in [3.05, 3.63) is 29.8 Å². The zero-order chi connectivity index (χ0) is 12.4. The van der Waals surface area contributed by atoms with Crippen LogP contribution in [0.2, 0.25) is 0 Å². The summed E-state index contributed by atoms with van der Waals surface area (Å²) in [6, 6.07) is 9.02. The number of fused-ring (bicyclic) bond motifs is 3. The Bertz CT molecular complexity index is 399. The number of hydrogen-bond acceptors (Lipinski definition) is 3. The molecule has 0 amide bonds. The molecule has 3 aliphatic heterocycles. The van der Waals surface area contributed by atoms with Gasteiger partial charge in [0, 0.05) is 19.1 Å². The van der Waals surface area contributed by atoms with Crippen LogP contribution in [0.3, 0.4) is 0 Å². The minimum atomic E-state index is 0.679. The highest BCUT2D eigenvalue weighted by Gasteiger charge is 2.33. The van der Waals surface area contributed by atoms with Crippen molar-refractivity contribution in [1.29, 1.82) is 0 Å². The van der Waals surface area contributed by atoms with E-state index in [0.29, 0.717) is 6.04 Å². The van der Waals surface area contributed by atoms with Gasteiger partial charge in [-0.25, -0.2) is 0 Å². The van der Waals surface area contributed by atoms with Crippen molar-refractivity contribution in [2.75, 3.05) is 26.7 Å². The number of methoxy groups -OCH3 is 1. The first-order valence-corrected chi connectivity index (χ1v) is 6.94. The second-order valence-electron chi connectivity index (χ2n) is 5.48. The van der Waals surface area contributed by atoms with Crippen LogP contribution in [0.1, 0.15) is 18.4 Å². The predicted octanol–water partition coefficient (Wildman–Crippen LogP) is 1.88. The van der Waals surface area contributed by atoms with Crippen molar-refractivity contribution in [3.63, 3.8) is 0 Å². The van der Waals surface area contributed by atoms with Gasteiger partial charge in [-0.3, -0.25) is 0 Å². The molecule has 0 aromatic heterocycles. The SMILES string of the molecule is COc1cccc(CN[C@@H]2CN3CCC2CC3)c1. The number of piperidine rings is 3. The van der Waals surface area contributed by atoms with Crippen LogP contribution in [-0.4, -0.2) is 37.7 Å². The van der Waals surface area contributed by atoms with Crippen LogP contribution in [0.4, 0.5) is 0 Å². The van der Waals surface area contributed by atoms with Crippen molar-refractivity contribution in [3.8, 4) is 5.75 Å². The molecule has 0 spiro atoms. The van der Waals surface area contributed by atoms with Crippen molar-refractivity contribution < 1.29 is 4.74 Å². The predicted molar refractivity (Wildman–Crippen MR) is 72.8 cm³/mol. The number of hydrogen-bond donors (Lipinski definition) is 1. The maximum atomic E-state index is 5.26. The normalized spacial score (nSPS) is 30.4. The smallest absolute Gasteiger partial charge is 0.119 e. The van der Waals surface area contributed by atoms with E-state index in [1.54, 1.807) is 7.11 Å². The third kappa shape index (κ3) is 2.52. The first-order chi connectivity index (χ1) is 8.85. The summed E-state index contributed by atoms with van der Waals surface area (Å²) in [7, 11) is 1.72. The Morgan fingerprint density at radius 2 is 2.17 bits per heavy atom. The largest absolute Gasteiger partial charge is 0.497 e. The highest BCUT2D eigenvalue weighted by atomic mass is 16.5. The fourth-order valence-corrected chi connectivity index (χ4v) is 3.23. The maximum Gasteiger partial charge on any atom is 0.119 e. The molecule has 0 saturated carbocycles. The van der Waals surface area contributed by atoms with Crippen LogP contribution >= 0.6 is 0 Å². The number of benzene rings is 1. The van der Waals surface area contributed by atoms with Crippen LogP contribution in [0.15, 0.2) is 24.3 Å². The van der Waals surface area contributed by atoms with E-state index < -0.39 is 0 Å². The van der Waals surface area contributed by atoms with Crippen LogP contribution in [0, 0.1) is 5.92 Å². The average molecular weight is 246 g/mol.